The van der Waals surface area contributed by atoms with Crippen molar-refractivity contribution >= 4 is 32.6 Å². The van der Waals surface area contributed by atoms with Crippen molar-refractivity contribution in [2.45, 2.75) is 13.8 Å². The molecule has 3 aromatic rings. The highest BCUT2D eigenvalue weighted by molar-refractivity contribution is 7.22. The van der Waals surface area contributed by atoms with Crippen molar-refractivity contribution in [3.05, 3.63) is 42.0 Å². The number of hydrogen-bond donors (Lipinski definition) is 1. The first-order valence-electron chi connectivity index (χ1n) is 8.20. The number of methoxy groups -OCH3 is 1. The zero-order chi connectivity index (χ0) is 18.5. The molecule has 0 aliphatic rings. The van der Waals surface area contributed by atoms with Crippen LogP contribution in [0.4, 0.5) is 5.13 Å². The van der Waals surface area contributed by atoms with Crippen LogP contribution in [-0.2, 0) is 4.79 Å². The molecule has 1 aromatic heterocycles. The standard InChI is InChI=1S/C19H20N2O4S/c1-4-24-13-6-8-14(9-7-13)25-11-16(22)20-19-21-17-15(23-3)10-5-12(2)18(17)26-19/h5-10H,4,11H2,1-3H3,(H,20,21,22). The molecular weight excluding hydrogens is 352 g/mol. The highest BCUT2D eigenvalue weighted by Gasteiger charge is 2.13. The van der Waals surface area contributed by atoms with E-state index in [1.807, 2.05) is 26.0 Å². The SMILES string of the molecule is CCOc1ccc(OCC(=O)Nc2nc3c(OC)ccc(C)c3s2)cc1. The van der Waals surface area contributed by atoms with Gasteiger partial charge in [0.1, 0.15) is 22.8 Å². The molecule has 2 aromatic carbocycles. The summed E-state index contributed by atoms with van der Waals surface area (Å²) >= 11 is 1.42. The van der Waals surface area contributed by atoms with Gasteiger partial charge in [-0.3, -0.25) is 10.1 Å². The van der Waals surface area contributed by atoms with Crippen molar-refractivity contribution in [3.8, 4) is 17.2 Å². The number of thiazole rings is 1. The lowest BCUT2D eigenvalue weighted by atomic mass is 10.2. The van der Waals surface area contributed by atoms with E-state index in [1.54, 1.807) is 31.4 Å². The van der Waals surface area contributed by atoms with Crippen LogP contribution in [0.5, 0.6) is 17.2 Å². The smallest absolute Gasteiger partial charge is 0.264 e. The fourth-order valence-corrected chi connectivity index (χ4v) is 3.40. The number of aromatic nitrogens is 1. The first kappa shape index (κ1) is 18.0. The number of nitrogens with zero attached hydrogens (tertiary/aromatic N) is 1. The summed E-state index contributed by atoms with van der Waals surface area (Å²) in [6.45, 7) is 4.43. The highest BCUT2D eigenvalue weighted by Crippen LogP contribution is 2.34. The number of aryl methyl sites for hydroxylation is 1. The lowest BCUT2D eigenvalue weighted by molar-refractivity contribution is -0.118. The minimum Gasteiger partial charge on any atom is -0.494 e. The minimum atomic E-state index is -0.269. The lowest BCUT2D eigenvalue weighted by Crippen LogP contribution is -2.19. The zero-order valence-corrected chi connectivity index (χ0v) is 15.7. The number of rotatable bonds is 7. The molecule has 1 heterocycles. The summed E-state index contributed by atoms with van der Waals surface area (Å²) in [6, 6.07) is 11.0. The highest BCUT2D eigenvalue weighted by atomic mass is 32.1. The number of nitrogens with one attached hydrogen (secondary N) is 1. The Balaban J connectivity index is 1.63. The fourth-order valence-electron chi connectivity index (χ4n) is 2.43. The van der Waals surface area contributed by atoms with Crippen molar-refractivity contribution in [1.82, 2.24) is 4.98 Å². The van der Waals surface area contributed by atoms with Crippen LogP contribution in [0.2, 0.25) is 0 Å². The molecule has 0 saturated carbocycles. The molecule has 136 valence electrons. The molecule has 0 fully saturated rings. The normalized spacial score (nSPS) is 10.6. The third-order valence-corrected chi connectivity index (χ3v) is 4.78. The van der Waals surface area contributed by atoms with Crippen molar-refractivity contribution in [3.63, 3.8) is 0 Å². The van der Waals surface area contributed by atoms with Crippen LogP contribution in [0, 0.1) is 6.92 Å². The van der Waals surface area contributed by atoms with Crippen LogP contribution < -0.4 is 19.5 Å². The summed E-state index contributed by atoms with van der Waals surface area (Å²) in [4.78, 5) is 16.6. The average Bonchev–Trinajstić information content (AvgIpc) is 3.06. The van der Waals surface area contributed by atoms with Crippen LogP contribution in [0.25, 0.3) is 10.2 Å². The Labute approximate surface area is 155 Å². The molecule has 0 saturated heterocycles. The minimum absolute atomic E-state index is 0.0972. The van der Waals surface area contributed by atoms with Crippen molar-refractivity contribution in [1.29, 1.82) is 0 Å². The van der Waals surface area contributed by atoms with Gasteiger partial charge in [0.25, 0.3) is 5.91 Å². The van der Waals surface area contributed by atoms with Crippen LogP contribution in [0.3, 0.4) is 0 Å². The van der Waals surface area contributed by atoms with Gasteiger partial charge in [-0.1, -0.05) is 17.4 Å². The summed E-state index contributed by atoms with van der Waals surface area (Å²) < 4.78 is 17.2. The Morgan fingerprint density at radius 2 is 1.81 bits per heavy atom. The van der Waals surface area contributed by atoms with E-state index in [2.05, 4.69) is 10.3 Å². The Kier molecular flexibility index (Phi) is 5.58. The molecule has 0 unspecified atom stereocenters. The van der Waals surface area contributed by atoms with E-state index < -0.39 is 0 Å². The van der Waals surface area contributed by atoms with Crippen molar-refractivity contribution in [2.75, 3.05) is 25.6 Å². The van der Waals surface area contributed by atoms with Gasteiger partial charge in [-0.05, 0) is 49.7 Å². The number of anilines is 1. The van der Waals surface area contributed by atoms with Crippen molar-refractivity contribution in [2.24, 2.45) is 0 Å². The number of fused-ring (bicyclic) bond motifs is 1. The van der Waals surface area contributed by atoms with E-state index in [9.17, 15) is 4.79 Å². The number of amides is 1. The van der Waals surface area contributed by atoms with Gasteiger partial charge < -0.3 is 14.2 Å². The molecule has 6 nitrogen and oxygen atoms in total. The molecule has 26 heavy (non-hydrogen) atoms. The second-order valence-corrected chi connectivity index (χ2v) is 6.52. The fraction of sp³-hybridized carbons (Fsp3) is 0.263. The summed E-state index contributed by atoms with van der Waals surface area (Å²) in [7, 11) is 1.60. The van der Waals surface area contributed by atoms with E-state index >= 15 is 0 Å². The monoisotopic (exact) mass is 372 g/mol. The molecule has 1 N–H and O–H groups in total. The third kappa shape index (κ3) is 4.05. The van der Waals surface area contributed by atoms with Crippen LogP contribution in [0.15, 0.2) is 36.4 Å². The third-order valence-electron chi connectivity index (χ3n) is 3.67. The second kappa shape index (κ2) is 8.05. The number of carbonyl (C=O) groups is 1. The van der Waals surface area contributed by atoms with Crippen LogP contribution in [0.1, 0.15) is 12.5 Å². The summed E-state index contributed by atoms with van der Waals surface area (Å²) in [5.74, 6) is 1.79. The lowest BCUT2D eigenvalue weighted by Gasteiger charge is -2.07. The molecule has 3 rings (SSSR count). The molecule has 0 bridgehead atoms. The van der Waals surface area contributed by atoms with Gasteiger partial charge in [0.05, 0.1) is 18.4 Å². The van der Waals surface area contributed by atoms with Gasteiger partial charge in [0, 0.05) is 0 Å². The van der Waals surface area contributed by atoms with E-state index in [1.165, 1.54) is 11.3 Å². The first-order valence-corrected chi connectivity index (χ1v) is 9.02. The summed E-state index contributed by atoms with van der Waals surface area (Å²) in [5.41, 5.74) is 1.84. The van der Waals surface area contributed by atoms with Crippen LogP contribution >= 0.6 is 11.3 Å². The Morgan fingerprint density at radius 1 is 1.12 bits per heavy atom. The number of hydrogen-bond acceptors (Lipinski definition) is 6. The number of carbonyl (C=O) groups excluding carboxylic acids is 1. The van der Waals surface area contributed by atoms with Gasteiger partial charge in [0.2, 0.25) is 0 Å². The molecule has 0 aliphatic heterocycles. The summed E-state index contributed by atoms with van der Waals surface area (Å²) in [6.07, 6.45) is 0. The first-order chi connectivity index (χ1) is 12.6. The molecule has 0 atom stereocenters. The van der Waals surface area contributed by atoms with E-state index in [0.717, 1.165) is 21.5 Å². The van der Waals surface area contributed by atoms with Crippen LogP contribution in [-0.4, -0.2) is 31.2 Å². The quantitative estimate of drug-likeness (QED) is 0.678. The Morgan fingerprint density at radius 3 is 2.46 bits per heavy atom. The van der Waals surface area contributed by atoms with E-state index in [0.29, 0.717) is 23.2 Å². The molecule has 7 heteroatoms. The number of benzene rings is 2. The Bertz CT molecular complexity index is 906. The predicted octanol–water partition coefficient (Wildman–Crippen LogP) is 4.03. The van der Waals surface area contributed by atoms with E-state index in [-0.39, 0.29) is 12.5 Å². The van der Waals surface area contributed by atoms with Gasteiger partial charge in [-0.25, -0.2) is 4.98 Å². The Hall–Kier alpha value is -2.80. The number of ether oxygens (including phenoxy) is 3. The second-order valence-electron chi connectivity index (χ2n) is 5.52. The van der Waals surface area contributed by atoms with Gasteiger partial charge in [-0.2, -0.15) is 0 Å². The van der Waals surface area contributed by atoms with Gasteiger partial charge >= 0.3 is 0 Å². The zero-order valence-electron chi connectivity index (χ0n) is 14.9. The molecule has 1 amide bonds. The molecule has 0 spiro atoms. The van der Waals surface area contributed by atoms with Crippen molar-refractivity contribution < 1.29 is 19.0 Å². The predicted molar refractivity (Wildman–Crippen MR) is 103 cm³/mol. The largest absolute Gasteiger partial charge is 0.494 e. The van der Waals surface area contributed by atoms with Gasteiger partial charge in [-0.15, -0.1) is 0 Å². The van der Waals surface area contributed by atoms with Gasteiger partial charge in [0.15, 0.2) is 11.7 Å². The maximum atomic E-state index is 12.1. The molecular formula is C19H20N2O4S. The maximum absolute atomic E-state index is 12.1. The molecule has 0 aliphatic carbocycles. The maximum Gasteiger partial charge on any atom is 0.264 e. The van der Waals surface area contributed by atoms with E-state index in [4.69, 9.17) is 14.2 Å². The average molecular weight is 372 g/mol. The summed E-state index contributed by atoms with van der Waals surface area (Å²) in [5, 5.41) is 3.30. The topological polar surface area (TPSA) is 69.7 Å². The molecule has 0 radical (unpaired) electrons.